The van der Waals surface area contributed by atoms with E-state index in [-0.39, 0.29) is 6.42 Å². The Balaban J connectivity index is 2.28. The lowest BCUT2D eigenvalue weighted by Crippen LogP contribution is -2.47. The van der Waals surface area contributed by atoms with Gasteiger partial charge in [0.25, 0.3) is 0 Å². The van der Waals surface area contributed by atoms with Crippen molar-refractivity contribution in [3.8, 4) is 11.5 Å². The Morgan fingerprint density at radius 2 is 1.82 bits per heavy atom. The van der Waals surface area contributed by atoms with Crippen molar-refractivity contribution < 1.29 is 29.3 Å². The van der Waals surface area contributed by atoms with Gasteiger partial charge < -0.3 is 25.0 Å². The summed E-state index contributed by atoms with van der Waals surface area (Å²) in [7, 11) is 1.58. The number of aliphatic hydroxyl groups excluding tert-OH is 1. The number of hydrogen-bond acceptors (Lipinski definition) is 5. The number of rotatable bonds is 9. The highest BCUT2D eigenvalue weighted by Crippen LogP contribution is 2.17. The van der Waals surface area contributed by atoms with Crippen molar-refractivity contribution in [2.45, 2.75) is 31.9 Å². The van der Waals surface area contributed by atoms with Crippen molar-refractivity contribution in [3.05, 3.63) is 24.3 Å². The second kappa shape index (κ2) is 8.89. The van der Waals surface area contributed by atoms with E-state index in [4.69, 9.17) is 14.6 Å². The van der Waals surface area contributed by atoms with Crippen LogP contribution in [0.2, 0.25) is 0 Å². The van der Waals surface area contributed by atoms with E-state index in [1.54, 1.807) is 31.4 Å². The van der Waals surface area contributed by atoms with Gasteiger partial charge in [-0.3, -0.25) is 4.79 Å². The van der Waals surface area contributed by atoms with E-state index >= 15 is 0 Å². The number of amides is 1. The highest BCUT2D eigenvalue weighted by Gasteiger charge is 2.24. The number of carbonyl (C=O) groups excluding carboxylic acids is 1. The number of carboxylic acid groups (broad SMARTS) is 1. The highest BCUT2D eigenvalue weighted by molar-refractivity contribution is 5.83. The van der Waals surface area contributed by atoms with Crippen molar-refractivity contribution >= 4 is 11.9 Å². The van der Waals surface area contributed by atoms with Crippen LogP contribution in [0, 0.1) is 0 Å². The summed E-state index contributed by atoms with van der Waals surface area (Å²) in [6.07, 6.45) is -0.603. The SMILES string of the molecule is COc1ccc(OCCCC(=O)NC(C(=O)O)C(C)O)cc1. The molecule has 22 heavy (non-hydrogen) atoms. The maximum Gasteiger partial charge on any atom is 0.328 e. The predicted molar refractivity (Wildman–Crippen MR) is 79.0 cm³/mol. The summed E-state index contributed by atoms with van der Waals surface area (Å²) in [5, 5.41) is 20.4. The van der Waals surface area contributed by atoms with Crippen LogP contribution in [-0.2, 0) is 9.59 Å². The fraction of sp³-hybridized carbons (Fsp3) is 0.467. The van der Waals surface area contributed by atoms with Crippen LogP contribution >= 0.6 is 0 Å². The third-order valence-electron chi connectivity index (χ3n) is 2.94. The summed E-state index contributed by atoms with van der Waals surface area (Å²) in [5.74, 6) is -0.317. The maximum absolute atomic E-state index is 11.6. The Kier molecular flexibility index (Phi) is 7.18. The Hall–Kier alpha value is -2.28. The minimum Gasteiger partial charge on any atom is -0.497 e. The lowest BCUT2D eigenvalue weighted by molar-refractivity contribution is -0.144. The molecule has 0 saturated heterocycles. The van der Waals surface area contributed by atoms with E-state index < -0.39 is 24.0 Å². The maximum atomic E-state index is 11.6. The number of aliphatic carboxylic acids is 1. The fourth-order valence-corrected chi connectivity index (χ4v) is 1.73. The largest absolute Gasteiger partial charge is 0.497 e. The molecule has 0 radical (unpaired) electrons. The first kappa shape index (κ1) is 17.8. The molecule has 0 spiro atoms. The Labute approximate surface area is 128 Å². The molecule has 3 N–H and O–H groups in total. The molecule has 0 fully saturated rings. The van der Waals surface area contributed by atoms with Gasteiger partial charge in [0.05, 0.1) is 19.8 Å². The summed E-state index contributed by atoms with van der Waals surface area (Å²) in [6.45, 7) is 1.64. The Bertz CT molecular complexity index is 485. The first-order chi connectivity index (χ1) is 10.4. The van der Waals surface area contributed by atoms with E-state index in [1.807, 2.05) is 0 Å². The van der Waals surface area contributed by atoms with Crippen molar-refractivity contribution in [2.75, 3.05) is 13.7 Å². The number of carbonyl (C=O) groups is 2. The average molecular weight is 311 g/mol. The molecular weight excluding hydrogens is 290 g/mol. The second-order valence-corrected chi connectivity index (χ2v) is 4.75. The van der Waals surface area contributed by atoms with Gasteiger partial charge in [-0.1, -0.05) is 0 Å². The standard InChI is InChI=1S/C15H21NO6/c1-10(17)14(15(19)20)16-13(18)4-3-9-22-12-7-5-11(21-2)6-8-12/h5-8,10,14,17H,3-4,9H2,1-2H3,(H,16,18)(H,19,20). The molecule has 0 saturated carbocycles. The second-order valence-electron chi connectivity index (χ2n) is 4.75. The van der Waals surface area contributed by atoms with Gasteiger partial charge >= 0.3 is 5.97 Å². The summed E-state index contributed by atoms with van der Waals surface area (Å²) in [4.78, 5) is 22.4. The van der Waals surface area contributed by atoms with Gasteiger partial charge in [0.2, 0.25) is 5.91 Å². The molecule has 1 rings (SSSR count). The van der Waals surface area contributed by atoms with Gasteiger partial charge in [-0.05, 0) is 37.6 Å². The number of hydrogen-bond donors (Lipinski definition) is 3. The molecule has 0 bridgehead atoms. The van der Waals surface area contributed by atoms with Gasteiger partial charge in [0.1, 0.15) is 11.5 Å². The summed E-state index contributed by atoms with van der Waals surface area (Å²) in [6, 6.07) is 5.75. The quantitative estimate of drug-likeness (QED) is 0.583. The average Bonchev–Trinajstić information content (AvgIpc) is 2.49. The molecule has 2 unspecified atom stereocenters. The van der Waals surface area contributed by atoms with Crippen molar-refractivity contribution in [2.24, 2.45) is 0 Å². The first-order valence-corrected chi connectivity index (χ1v) is 6.91. The smallest absolute Gasteiger partial charge is 0.328 e. The molecular formula is C15H21NO6. The topological polar surface area (TPSA) is 105 Å². The van der Waals surface area contributed by atoms with Crippen molar-refractivity contribution in [1.82, 2.24) is 5.32 Å². The zero-order valence-electron chi connectivity index (χ0n) is 12.6. The van der Waals surface area contributed by atoms with Gasteiger partial charge in [-0.25, -0.2) is 4.79 Å². The zero-order valence-corrected chi connectivity index (χ0v) is 12.6. The molecule has 7 nitrogen and oxygen atoms in total. The number of aliphatic hydroxyl groups is 1. The Morgan fingerprint density at radius 3 is 2.32 bits per heavy atom. The van der Waals surface area contributed by atoms with Crippen molar-refractivity contribution in [3.63, 3.8) is 0 Å². The third kappa shape index (κ3) is 6.01. The molecule has 1 aromatic rings. The van der Waals surface area contributed by atoms with Crippen LogP contribution in [0.5, 0.6) is 11.5 Å². The molecule has 0 heterocycles. The summed E-state index contributed by atoms with van der Waals surface area (Å²) < 4.78 is 10.5. The lowest BCUT2D eigenvalue weighted by Gasteiger charge is -2.16. The molecule has 0 aliphatic heterocycles. The summed E-state index contributed by atoms with van der Waals surface area (Å²) in [5.41, 5.74) is 0. The van der Waals surface area contributed by atoms with E-state index in [9.17, 15) is 14.7 Å². The molecule has 1 aromatic carbocycles. The molecule has 7 heteroatoms. The van der Waals surface area contributed by atoms with Crippen LogP contribution in [0.25, 0.3) is 0 Å². The normalized spacial score (nSPS) is 13.0. The molecule has 0 aliphatic rings. The van der Waals surface area contributed by atoms with Gasteiger partial charge in [-0.15, -0.1) is 0 Å². The van der Waals surface area contributed by atoms with Gasteiger partial charge in [0.15, 0.2) is 6.04 Å². The Morgan fingerprint density at radius 1 is 1.23 bits per heavy atom. The highest BCUT2D eigenvalue weighted by atomic mass is 16.5. The number of ether oxygens (including phenoxy) is 2. The summed E-state index contributed by atoms with van der Waals surface area (Å²) >= 11 is 0. The van der Waals surface area contributed by atoms with Crippen LogP contribution in [0.4, 0.5) is 0 Å². The monoisotopic (exact) mass is 311 g/mol. The van der Waals surface area contributed by atoms with Crippen LogP contribution in [0.1, 0.15) is 19.8 Å². The van der Waals surface area contributed by atoms with Gasteiger partial charge in [0, 0.05) is 6.42 Å². The number of benzene rings is 1. The number of carboxylic acids is 1. The van der Waals surface area contributed by atoms with Crippen LogP contribution < -0.4 is 14.8 Å². The molecule has 0 aromatic heterocycles. The van der Waals surface area contributed by atoms with Crippen molar-refractivity contribution in [1.29, 1.82) is 0 Å². The van der Waals surface area contributed by atoms with Gasteiger partial charge in [-0.2, -0.15) is 0 Å². The third-order valence-corrected chi connectivity index (χ3v) is 2.94. The van der Waals surface area contributed by atoms with E-state index in [2.05, 4.69) is 5.32 Å². The first-order valence-electron chi connectivity index (χ1n) is 6.91. The number of nitrogens with one attached hydrogen (secondary N) is 1. The minimum absolute atomic E-state index is 0.118. The molecule has 1 amide bonds. The molecule has 2 atom stereocenters. The zero-order chi connectivity index (χ0) is 16.5. The minimum atomic E-state index is -1.30. The fourth-order valence-electron chi connectivity index (χ4n) is 1.73. The molecule has 122 valence electrons. The van der Waals surface area contributed by atoms with Crippen LogP contribution in [0.15, 0.2) is 24.3 Å². The van der Waals surface area contributed by atoms with Crippen LogP contribution in [0.3, 0.4) is 0 Å². The predicted octanol–water partition coefficient (Wildman–Crippen LogP) is 0.804. The number of methoxy groups -OCH3 is 1. The van der Waals surface area contributed by atoms with E-state index in [1.165, 1.54) is 6.92 Å². The lowest BCUT2D eigenvalue weighted by atomic mass is 10.1. The van der Waals surface area contributed by atoms with E-state index in [0.717, 1.165) is 5.75 Å². The van der Waals surface area contributed by atoms with Crippen LogP contribution in [-0.4, -0.2) is 48.0 Å². The van der Waals surface area contributed by atoms with E-state index in [0.29, 0.717) is 18.8 Å². The molecule has 0 aliphatic carbocycles.